The highest BCUT2D eigenvalue weighted by Gasteiger charge is 2.17. The summed E-state index contributed by atoms with van der Waals surface area (Å²) >= 11 is 0. The maximum atomic E-state index is 6.09. The summed E-state index contributed by atoms with van der Waals surface area (Å²) in [7, 11) is 0. The second-order valence-electron chi connectivity index (χ2n) is 8.37. The van der Waals surface area contributed by atoms with Gasteiger partial charge in [-0.2, -0.15) is 0 Å². The lowest BCUT2D eigenvalue weighted by atomic mass is 10.2. The largest absolute Gasteiger partial charge is 1.00 e. The van der Waals surface area contributed by atoms with Gasteiger partial charge in [0.1, 0.15) is 30.3 Å². The van der Waals surface area contributed by atoms with Crippen LogP contribution in [0.4, 0.5) is 11.4 Å². The van der Waals surface area contributed by atoms with Crippen LogP contribution in [0.1, 0.15) is 33.3 Å². The molecule has 0 fully saturated rings. The number of halogens is 2. The summed E-state index contributed by atoms with van der Waals surface area (Å²) in [6, 6.07) is 29.8. The monoisotopic (exact) mass is 487 g/mol. The Labute approximate surface area is 210 Å². The van der Waals surface area contributed by atoms with Crippen molar-refractivity contribution in [3.63, 3.8) is 0 Å². The minimum Gasteiger partial charge on any atom is -1.00 e. The van der Waals surface area contributed by atoms with Gasteiger partial charge in [0.25, 0.3) is 5.84 Å². The molecule has 3 N–H and O–H groups in total. The molecule has 0 heterocycles. The molecule has 0 radical (unpaired) electrons. The summed E-state index contributed by atoms with van der Waals surface area (Å²) < 4.78 is 6.09. The van der Waals surface area contributed by atoms with Crippen LogP contribution >= 0.6 is 0 Å². The predicted molar refractivity (Wildman–Crippen MR) is 129 cm³/mol. The zero-order chi connectivity index (χ0) is 22.1. The Morgan fingerprint density at radius 1 is 0.818 bits per heavy atom. The number of benzene rings is 3. The molecule has 0 aromatic heterocycles. The van der Waals surface area contributed by atoms with Crippen molar-refractivity contribution in [1.82, 2.24) is 0 Å². The van der Waals surface area contributed by atoms with Crippen LogP contribution in [0.25, 0.3) is 0 Å². The van der Waals surface area contributed by atoms with Crippen LogP contribution < -0.4 is 44.8 Å². The zero-order valence-corrected chi connectivity index (χ0v) is 21.3. The fourth-order valence-corrected chi connectivity index (χ4v) is 3.78. The van der Waals surface area contributed by atoms with E-state index in [1.54, 1.807) is 4.90 Å². The van der Waals surface area contributed by atoms with Crippen LogP contribution in [0.5, 0.6) is 5.75 Å². The van der Waals surface area contributed by atoms with Crippen molar-refractivity contribution < 1.29 is 39.4 Å². The second-order valence-corrected chi connectivity index (χ2v) is 8.37. The van der Waals surface area contributed by atoms with Gasteiger partial charge in [-0.15, -0.1) is 0 Å². The SMILES string of the molecule is CC(C)[NH+](CCOc1cccc(NC(=[NH+]c2ccccc2)c2ccccc2)c1)C(C)C.[Cl-].[Cl-]. The molecule has 0 saturated heterocycles. The van der Waals surface area contributed by atoms with E-state index in [1.165, 1.54) is 0 Å². The van der Waals surface area contributed by atoms with Gasteiger partial charge in [0.15, 0.2) is 0 Å². The van der Waals surface area contributed by atoms with Gasteiger partial charge >= 0.3 is 0 Å². The van der Waals surface area contributed by atoms with E-state index in [4.69, 9.17) is 4.74 Å². The summed E-state index contributed by atoms with van der Waals surface area (Å²) in [5.41, 5.74) is 3.11. The Kier molecular flexibility index (Phi) is 12.6. The fourth-order valence-electron chi connectivity index (χ4n) is 3.78. The summed E-state index contributed by atoms with van der Waals surface area (Å²) in [5, 5.41) is 3.54. The standard InChI is InChI=1S/C27H33N3O.2ClH/c1-21(2)30(22(3)4)18-19-31-26-17-11-16-25(20-26)29-27(23-12-7-5-8-13-23)28-24-14-9-6-10-15-24;;/h5-17,20-22H,18-19H2,1-4H3,(H,28,29);2*1H. The molecule has 3 aromatic carbocycles. The van der Waals surface area contributed by atoms with Crippen LogP contribution in [0.3, 0.4) is 0 Å². The Morgan fingerprint density at radius 3 is 2.03 bits per heavy atom. The molecule has 0 aliphatic heterocycles. The molecule has 0 saturated carbocycles. The summed E-state index contributed by atoms with van der Waals surface area (Å²) in [6.07, 6.45) is 0. The lowest BCUT2D eigenvalue weighted by Crippen LogP contribution is -3.18. The Morgan fingerprint density at radius 2 is 1.42 bits per heavy atom. The predicted octanol–water partition coefficient (Wildman–Crippen LogP) is -2.95. The van der Waals surface area contributed by atoms with E-state index < -0.39 is 0 Å². The number of para-hydroxylation sites is 1. The van der Waals surface area contributed by atoms with Crippen molar-refractivity contribution in [2.24, 2.45) is 0 Å². The second kappa shape index (κ2) is 14.6. The first-order chi connectivity index (χ1) is 15.0. The number of quaternary nitrogens is 1. The lowest BCUT2D eigenvalue weighted by Gasteiger charge is -2.27. The van der Waals surface area contributed by atoms with Crippen LogP contribution in [-0.2, 0) is 0 Å². The smallest absolute Gasteiger partial charge is 0.285 e. The fraction of sp³-hybridized carbons (Fsp3) is 0.296. The van der Waals surface area contributed by atoms with Crippen molar-refractivity contribution in [3.8, 4) is 5.75 Å². The van der Waals surface area contributed by atoms with Gasteiger partial charge in [-0.1, -0.05) is 42.5 Å². The van der Waals surface area contributed by atoms with Gasteiger partial charge in [0.2, 0.25) is 0 Å². The molecule has 178 valence electrons. The highest BCUT2D eigenvalue weighted by Crippen LogP contribution is 2.17. The lowest BCUT2D eigenvalue weighted by molar-refractivity contribution is -0.942. The molecule has 4 nitrogen and oxygen atoms in total. The van der Waals surface area contributed by atoms with E-state index in [0.717, 1.165) is 35.1 Å². The van der Waals surface area contributed by atoms with E-state index in [0.29, 0.717) is 18.7 Å². The molecule has 0 aliphatic rings. The van der Waals surface area contributed by atoms with Gasteiger partial charge in [-0.3, -0.25) is 0 Å². The number of hydrogen-bond donors (Lipinski definition) is 3. The third-order valence-corrected chi connectivity index (χ3v) is 5.35. The first-order valence-electron chi connectivity index (χ1n) is 11.1. The highest BCUT2D eigenvalue weighted by atomic mass is 35.5. The molecule has 0 spiro atoms. The Hall–Kier alpha value is -2.53. The maximum Gasteiger partial charge on any atom is 0.285 e. The number of anilines is 1. The van der Waals surface area contributed by atoms with Gasteiger partial charge in [0, 0.05) is 6.07 Å². The number of rotatable bonds is 9. The van der Waals surface area contributed by atoms with E-state index >= 15 is 0 Å². The van der Waals surface area contributed by atoms with Crippen LogP contribution in [0, 0.1) is 0 Å². The maximum absolute atomic E-state index is 6.09. The molecule has 3 aromatic rings. The number of hydrogen-bond acceptors (Lipinski definition) is 1. The van der Waals surface area contributed by atoms with Crippen LogP contribution in [0.2, 0.25) is 0 Å². The molecule has 0 atom stereocenters. The van der Waals surface area contributed by atoms with Crippen molar-refractivity contribution in [1.29, 1.82) is 0 Å². The third kappa shape index (κ3) is 9.09. The number of ether oxygens (including phenoxy) is 1. The molecule has 6 heteroatoms. The molecule has 0 aliphatic carbocycles. The molecule has 0 amide bonds. The van der Waals surface area contributed by atoms with Gasteiger partial charge in [-0.05, 0) is 64.1 Å². The normalized spacial score (nSPS) is 11.2. The molecular formula is C27H35Cl2N3O. The molecular weight excluding hydrogens is 453 g/mol. The number of amidine groups is 1. The molecule has 0 bridgehead atoms. The van der Waals surface area contributed by atoms with Crippen LogP contribution in [-0.4, -0.2) is 31.1 Å². The van der Waals surface area contributed by atoms with Crippen molar-refractivity contribution in [2.75, 3.05) is 18.5 Å². The quantitative estimate of drug-likeness (QED) is 0.223. The molecule has 0 unspecified atom stereocenters. The number of nitrogens with one attached hydrogen (secondary N) is 3. The first-order valence-corrected chi connectivity index (χ1v) is 11.1. The summed E-state index contributed by atoms with van der Waals surface area (Å²) in [5.74, 6) is 1.81. The average molecular weight is 489 g/mol. The Bertz CT molecular complexity index is 955. The van der Waals surface area contributed by atoms with Gasteiger partial charge in [-0.25, -0.2) is 10.3 Å². The van der Waals surface area contributed by atoms with E-state index in [-0.39, 0.29) is 24.8 Å². The minimum absolute atomic E-state index is 0. The third-order valence-electron chi connectivity index (χ3n) is 5.35. The van der Waals surface area contributed by atoms with E-state index in [9.17, 15) is 0 Å². The minimum atomic E-state index is 0. The van der Waals surface area contributed by atoms with Crippen LogP contribution in [0.15, 0.2) is 84.9 Å². The van der Waals surface area contributed by atoms with Crippen molar-refractivity contribution in [3.05, 3.63) is 90.5 Å². The van der Waals surface area contributed by atoms with E-state index in [1.807, 2.05) is 48.5 Å². The first kappa shape index (κ1) is 28.5. The highest BCUT2D eigenvalue weighted by molar-refractivity contribution is 6.04. The molecule has 3 rings (SSSR count). The van der Waals surface area contributed by atoms with Crippen molar-refractivity contribution in [2.45, 2.75) is 39.8 Å². The van der Waals surface area contributed by atoms with Gasteiger partial charge in [0.05, 0.1) is 17.6 Å². The summed E-state index contributed by atoms with van der Waals surface area (Å²) in [4.78, 5) is 5.06. The zero-order valence-electron chi connectivity index (χ0n) is 19.8. The topological polar surface area (TPSA) is 39.7 Å². The van der Waals surface area contributed by atoms with Crippen molar-refractivity contribution >= 4 is 17.2 Å². The summed E-state index contributed by atoms with van der Waals surface area (Å²) in [6.45, 7) is 10.7. The van der Waals surface area contributed by atoms with E-state index in [2.05, 4.69) is 74.4 Å². The average Bonchev–Trinajstić information content (AvgIpc) is 2.77. The molecule has 33 heavy (non-hydrogen) atoms. The Balaban J connectivity index is 0.00000272. The van der Waals surface area contributed by atoms with Gasteiger partial charge < -0.3 is 34.5 Å².